The lowest BCUT2D eigenvalue weighted by Crippen LogP contribution is -2.36. The Kier molecular flexibility index (Phi) is 4.23. The number of carboxylic acids is 1. The van der Waals surface area contributed by atoms with E-state index in [1.165, 1.54) is 0 Å². The molecule has 3 N–H and O–H groups in total. The third kappa shape index (κ3) is 3.88. The number of carbonyl (C=O) groups is 2. The Morgan fingerprint density at radius 3 is 2.24 bits per heavy atom. The molecule has 0 fully saturated rings. The number of hydrogen-bond donors (Lipinski definition) is 3. The van der Waals surface area contributed by atoms with Crippen LogP contribution in [0.15, 0.2) is 18.2 Å². The van der Waals surface area contributed by atoms with Crippen molar-refractivity contribution in [1.29, 1.82) is 0 Å². The number of benzene rings is 1. The van der Waals surface area contributed by atoms with E-state index in [1.54, 1.807) is 12.1 Å². The number of aryl methyl sites for hydroxylation is 2. The van der Waals surface area contributed by atoms with Gasteiger partial charge in [0.1, 0.15) is 0 Å². The van der Waals surface area contributed by atoms with Gasteiger partial charge < -0.3 is 15.5 Å². The van der Waals surface area contributed by atoms with Crippen molar-refractivity contribution in [3.8, 4) is 0 Å². The maximum Gasteiger partial charge on any atom is 0.334 e. The van der Waals surface area contributed by atoms with Gasteiger partial charge in [0, 0.05) is 5.56 Å². The number of hydrogen-bond acceptors (Lipinski definition) is 3. The number of aliphatic hydroxyl groups excluding tert-OH is 1. The Morgan fingerprint density at radius 2 is 1.76 bits per heavy atom. The van der Waals surface area contributed by atoms with Crippen LogP contribution < -0.4 is 5.32 Å². The van der Waals surface area contributed by atoms with Crippen LogP contribution in [-0.2, 0) is 4.79 Å². The van der Waals surface area contributed by atoms with Crippen molar-refractivity contribution in [1.82, 2.24) is 5.32 Å². The number of carboxylic acid groups (broad SMARTS) is 1. The van der Waals surface area contributed by atoms with Gasteiger partial charge in [-0.25, -0.2) is 4.79 Å². The number of aliphatic carboxylic acids is 1. The molecular formula is C12H15NO4. The molecule has 1 rings (SSSR count). The van der Waals surface area contributed by atoms with Crippen LogP contribution in [0.3, 0.4) is 0 Å². The number of amides is 1. The van der Waals surface area contributed by atoms with Gasteiger partial charge in [-0.15, -0.1) is 0 Å². The molecule has 0 heterocycles. The van der Waals surface area contributed by atoms with E-state index in [-0.39, 0.29) is 6.54 Å². The molecule has 1 aromatic carbocycles. The fraction of sp³-hybridized carbons (Fsp3) is 0.333. The smallest absolute Gasteiger partial charge is 0.334 e. The van der Waals surface area contributed by atoms with Crippen LogP contribution in [0, 0.1) is 13.8 Å². The average Bonchev–Trinajstić information content (AvgIpc) is 2.23. The number of nitrogens with one attached hydrogen (secondary N) is 1. The molecular weight excluding hydrogens is 222 g/mol. The lowest BCUT2D eigenvalue weighted by atomic mass is 10.1. The van der Waals surface area contributed by atoms with Crippen LogP contribution in [0.2, 0.25) is 0 Å². The normalized spacial score (nSPS) is 11.9. The molecule has 0 aliphatic heterocycles. The van der Waals surface area contributed by atoms with Gasteiger partial charge in [-0.05, 0) is 26.0 Å². The molecule has 0 unspecified atom stereocenters. The fourth-order valence-electron chi connectivity index (χ4n) is 1.48. The van der Waals surface area contributed by atoms with Crippen molar-refractivity contribution in [2.45, 2.75) is 20.0 Å². The van der Waals surface area contributed by atoms with E-state index in [9.17, 15) is 9.59 Å². The van der Waals surface area contributed by atoms with E-state index in [1.807, 2.05) is 19.9 Å². The summed E-state index contributed by atoms with van der Waals surface area (Å²) in [7, 11) is 0. The minimum atomic E-state index is -1.58. The summed E-state index contributed by atoms with van der Waals surface area (Å²) in [5.41, 5.74) is 2.36. The van der Waals surface area contributed by atoms with Gasteiger partial charge in [-0.2, -0.15) is 0 Å². The first-order valence-electron chi connectivity index (χ1n) is 5.17. The van der Waals surface area contributed by atoms with Crippen molar-refractivity contribution < 1.29 is 19.8 Å². The molecule has 0 radical (unpaired) electrons. The van der Waals surface area contributed by atoms with Crippen LogP contribution in [0.5, 0.6) is 0 Å². The molecule has 1 atom stereocenters. The second-order valence-electron chi connectivity index (χ2n) is 3.94. The molecule has 0 aliphatic carbocycles. The van der Waals surface area contributed by atoms with Gasteiger partial charge in [0.2, 0.25) is 0 Å². The Morgan fingerprint density at radius 1 is 1.24 bits per heavy atom. The zero-order chi connectivity index (χ0) is 13.0. The van der Waals surface area contributed by atoms with E-state index in [0.29, 0.717) is 5.56 Å². The summed E-state index contributed by atoms with van der Waals surface area (Å²) in [6.07, 6.45) is -1.58. The minimum Gasteiger partial charge on any atom is -0.479 e. The topological polar surface area (TPSA) is 86.6 Å². The van der Waals surface area contributed by atoms with Crippen molar-refractivity contribution in [2.75, 3.05) is 6.54 Å². The van der Waals surface area contributed by atoms with E-state index >= 15 is 0 Å². The van der Waals surface area contributed by atoms with Crippen LogP contribution in [0.25, 0.3) is 0 Å². The summed E-state index contributed by atoms with van der Waals surface area (Å²) < 4.78 is 0. The highest BCUT2D eigenvalue weighted by atomic mass is 16.4. The molecule has 0 aromatic heterocycles. The monoisotopic (exact) mass is 237 g/mol. The predicted molar refractivity (Wildman–Crippen MR) is 61.9 cm³/mol. The lowest BCUT2D eigenvalue weighted by molar-refractivity contribution is -0.146. The van der Waals surface area contributed by atoms with Crippen LogP contribution >= 0.6 is 0 Å². The molecule has 0 saturated carbocycles. The van der Waals surface area contributed by atoms with Crippen LogP contribution in [0.4, 0.5) is 0 Å². The van der Waals surface area contributed by atoms with Crippen molar-refractivity contribution in [3.05, 3.63) is 34.9 Å². The van der Waals surface area contributed by atoms with E-state index in [0.717, 1.165) is 11.1 Å². The molecule has 5 nitrogen and oxygen atoms in total. The van der Waals surface area contributed by atoms with E-state index in [2.05, 4.69) is 5.32 Å². The maximum atomic E-state index is 11.7. The van der Waals surface area contributed by atoms with Gasteiger partial charge in [-0.3, -0.25) is 4.79 Å². The first-order chi connectivity index (χ1) is 7.90. The molecule has 1 aromatic rings. The SMILES string of the molecule is Cc1cc(C)cc(C(=O)NC[C@H](O)C(=O)O)c1. The Hall–Kier alpha value is -1.88. The molecule has 0 bridgehead atoms. The van der Waals surface area contributed by atoms with E-state index in [4.69, 9.17) is 10.2 Å². The third-order valence-corrected chi connectivity index (χ3v) is 2.22. The second-order valence-corrected chi connectivity index (χ2v) is 3.94. The first-order valence-corrected chi connectivity index (χ1v) is 5.17. The molecule has 0 aliphatic rings. The van der Waals surface area contributed by atoms with Gasteiger partial charge >= 0.3 is 5.97 Å². The quantitative estimate of drug-likeness (QED) is 0.710. The highest BCUT2D eigenvalue weighted by Crippen LogP contribution is 2.08. The summed E-state index contributed by atoms with van der Waals surface area (Å²) >= 11 is 0. The molecule has 92 valence electrons. The summed E-state index contributed by atoms with van der Waals surface area (Å²) in [5, 5.41) is 19.8. The van der Waals surface area contributed by atoms with Gasteiger partial charge in [0.25, 0.3) is 5.91 Å². The summed E-state index contributed by atoms with van der Waals surface area (Å²) in [6.45, 7) is 3.44. The predicted octanol–water partition coefficient (Wildman–Crippen LogP) is 0.479. The van der Waals surface area contributed by atoms with Crippen LogP contribution in [-0.4, -0.2) is 34.7 Å². The molecule has 1 amide bonds. The van der Waals surface area contributed by atoms with Crippen molar-refractivity contribution in [2.24, 2.45) is 0 Å². The maximum absolute atomic E-state index is 11.7. The van der Waals surface area contributed by atoms with Crippen molar-refractivity contribution >= 4 is 11.9 Å². The third-order valence-electron chi connectivity index (χ3n) is 2.22. The van der Waals surface area contributed by atoms with E-state index < -0.39 is 18.0 Å². The molecule has 17 heavy (non-hydrogen) atoms. The highest BCUT2D eigenvalue weighted by Gasteiger charge is 2.15. The van der Waals surface area contributed by atoms with Gasteiger partial charge in [-0.1, -0.05) is 17.2 Å². The standard InChI is InChI=1S/C12H15NO4/c1-7-3-8(2)5-9(4-7)11(15)13-6-10(14)12(16)17/h3-5,10,14H,6H2,1-2H3,(H,13,15)(H,16,17)/t10-/m0/s1. The highest BCUT2D eigenvalue weighted by molar-refractivity contribution is 5.94. The summed E-state index contributed by atoms with van der Waals surface area (Å²) in [4.78, 5) is 22.0. The summed E-state index contributed by atoms with van der Waals surface area (Å²) in [6, 6.07) is 5.34. The lowest BCUT2D eigenvalue weighted by Gasteiger charge is -2.09. The molecule has 0 saturated heterocycles. The van der Waals surface area contributed by atoms with Crippen molar-refractivity contribution in [3.63, 3.8) is 0 Å². The van der Waals surface area contributed by atoms with Gasteiger partial charge in [0.15, 0.2) is 6.10 Å². The fourth-order valence-corrected chi connectivity index (χ4v) is 1.48. The summed E-state index contributed by atoms with van der Waals surface area (Å²) in [5.74, 6) is -1.75. The minimum absolute atomic E-state index is 0.304. The zero-order valence-corrected chi connectivity index (χ0v) is 9.73. The Labute approximate surface area is 99.1 Å². The number of carbonyl (C=O) groups excluding carboxylic acids is 1. The first kappa shape index (κ1) is 13.2. The van der Waals surface area contributed by atoms with Gasteiger partial charge in [0.05, 0.1) is 6.54 Å². The average molecular weight is 237 g/mol. The number of rotatable bonds is 4. The molecule has 5 heteroatoms. The van der Waals surface area contributed by atoms with Crippen LogP contribution in [0.1, 0.15) is 21.5 Å². The Bertz CT molecular complexity index is 422. The number of aliphatic hydroxyl groups is 1. The largest absolute Gasteiger partial charge is 0.479 e. The molecule has 0 spiro atoms. The second kappa shape index (κ2) is 5.45. The Balaban J connectivity index is 2.67. The zero-order valence-electron chi connectivity index (χ0n) is 9.73.